The maximum Gasteiger partial charge on any atom is 0.338 e. The van der Waals surface area contributed by atoms with E-state index in [1.165, 1.54) is 7.11 Å². The van der Waals surface area contributed by atoms with E-state index >= 15 is 0 Å². The van der Waals surface area contributed by atoms with Crippen LogP contribution in [0, 0.1) is 0 Å². The summed E-state index contributed by atoms with van der Waals surface area (Å²) < 4.78 is 10.4. The summed E-state index contributed by atoms with van der Waals surface area (Å²) in [5.74, 6) is -0.340. The number of fused-ring (bicyclic) bond motifs is 3. The van der Waals surface area contributed by atoms with E-state index in [9.17, 15) is 9.59 Å². The second-order valence-electron chi connectivity index (χ2n) is 6.36. The van der Waals surface area contributed by atoms with Crippen molar-refractivity contribution in [1.82, 2.24) is 4.98 Å². The predicted molar refractivity (Wildman–Crippen MR) is 108 cm³/mol. The van der Waals surface area contributed by atoms with Crippen LogP contribution in [-0.2, 0) is 4.74 Å². The molecule has 0 atom stereocenters. The molecule has 0 radical (unpaired) electrons. The minimum Gasteiger partial charge on any atom is -0.496 e. The van der Waals surface area contributed by atoms with Crippen LogP contribution in [0.2, 0.25) is 0 Å². The van der Waals surface area contributed by atoms with Crippen molar-refractivity contribution in [2.75, 3.05) is 14.2 Å². The number of para-hydroxylation sites is 1. The van der Waals surface area contributed by atoms with E-state index in [2.05, 4.69) is 4.98 Å². The van der Waals surface area contributed by atoms with Gasteiger partial charge in [-0.2, -0.15) is 0 Å². The van der Waals surface area contributed by atoms with Crippen LogP contribution in [0.3, 0.4) is 0 Å². The van der Waals surface area contributed by atoms with Gasteiger partial charge in [0.15, 0.2) is 0 Å². The zero-order valence-corrected chi connectivity index (χ0v) is 15.4. The number of primary amides is 1. The third-order valence-electron chi connectivity index (χ3n) is 4.82. The first-order valence-corrected chi connectivity index (χ1v) is 8.65. The number of rotatable bonds is 4. The average molecular weight is 374 g/mol. The van der Waals surface area contributed by atoms with Crippen LogP contribution in [-0.4, -0.2) is 31.1 Å². The topological polar surface area (TPSA) is 94.4 Å². The lowest BCUT2D eigenvalue weighted by atomic mass is 9.97. The molecule has 3 aromatic carbocycles. The van der Waals surface area contributed by atoms with Gasteiger partial charge in [0.25, 0.3) is 5.91 Å². The van der Waals surface area contributed by atoms with Crippen molar-refractivity contribution in [1.29, 1.82) is 0 Å². The van der Waals surface area contributed by atoms with Gasteiger partial charge in [0.2, 0.25) is 0 Å². The van der Waals surface area contributed by atoms with E-state index in [4.69, 9.17) is 15.2 Å². The number of amides is 1. The molecule has 4 rings (SSSR count). The van der Waals surface area contributed by atoms with Gasteiger partial charge in [-0.3, -0.25) is 4.79 Å². The number of methoxy groups -OCH3 is 2. The Bertz CT molecular complexity index is 1240. The van der Waals surface area contributed by atoms with Crippen molar-refractivity contribution in [3.05, 3.63) is 65.7 Å². The lowest BCUT2D eigenvalue weighted by Gasteiger charge is -2.10. The fourth-order valence-electron chi connectivity index (χ4n) is 3.57. The molecular weight excluding hydrogens is 356 g/mol. The van der Waals surface area contributed by atoms with E-state index in [0.717, 1.165) is 16.6 Å². The van der Waals surface area contributed by atoms with Crippen LogP contribution in [0.5, 0.6) is 5.75 Å². The Morgan fingerprint density at radius 2 is 1.75 bits per heavy atom. The molecule has 0 spiro atoms. The number of hydrogen-bond donors (Lipinski definition) is 2. The zero-order chi connectivity index (χ0) is 19.8. The molecular formula is C22H18N2O4. The Morgan fingerprint density at radius 3 is 2.46 bits per heavy atom. The highest BCUT2D eigenvalue weighted by molar-refractivity contribution is 6.21. The molecule has 0 aliphatic carbocycles. The molecule has 3 N–H and O–H groups in total. The van der Waals surface area contributed by atoms with Gasteiger partial charge in [-0.1, -0.05) is 24.3 Å². The lowest BCUT2D eigenvalue weighted by molar-refractivity contribution is 0.0603. The summed E-state index contributed by atoms with van der Waals surface area (Å²) in [6.45, 7) is 0. The monoisotopic (exact) mass is 374 g/mol. The first-order chi connectivity index (χ1) is 13.5. The van der Waals surface area contributed by atoms with Crippen LogP contribution in [0.1, 0.15) is 20.7 Å². The maximum absolute atomic E-state index is 12.3. The molecule has 0 unspecified atom stereocenters. The molecule has 0 fully saturated rings. The van der Waals surface area contributed by atoms with Crippen molar-refractivity contribution in [3.63, 3.8) is 0 Å². The van der Waals surface area contributed by atoms with Gasteiger partial charge in [-0.25, -0.2) is 4.79 Å². The summed E-state index contributed by atoms with van der Waals surface area (Å²) in [6, 6.07) is 16.5. The molecule has 0 saturated carbocycles. The predicted octanol–water partition coefficient (Wildman–Crippen LogP) is 3.88. The number of hydrogen-bond acceptors (Lipinski definition) is 4. The number of benzene rings is 3. The first-order valence-electron chi connectivity index (χ1n) is 8.65. The van der Waals surface area contributed by atoms with Crippen LogP contribution >= 0.6 is 0 Å². The molecule has 6 nitrogen and oxygen atoms in total. The molecule has 28 heavy (non-hydrogen) atoms. The first kappa shape index (κ1) is 17.6. The molecule has 0 bridgehead atoms. The Hall–Kier alpha value is -3.80. The maximum atomic E-state index is 12.3. The lowest BCUT2D eigenvalue weighted by Crippen LogP contribution is -2.11. The Labute approximate surface area is 160 Å². The normalized spacial score (nSPS) is 10.9. The number of ether oxygens (including phenoxy) is 2. The Kier molecular flexibility index (Phi) is 4.24. The molecule has 1 amide bonds. The van der Waals surface area contributed by atoms with E-state index in [-0.39, 0.29) is 0 Å². The van der Waals surface area contributed by atoms with Crippen molar-refractivity contribution >= 4 is 33.7 Å². The minimum absolute atomic E-state index is 0.338. The van der Waals surface area contributed by atoms with Crippen LogP contribution in [0.4, 0.5) is 0 Å². The third-order valence-corrected chi connectivity index (χ3v) is 4.82. The number of H-pyrrole nitrogens is 1. The highest BCUT2D eigenvalue weighted by atomic mass is 16.5. The average Bonchev–Trinajstić information content (AvgIpc) is 3.10. The van der Waals surface area contributed by atoms with Gasteiger partial charge in [0.05, 0.1) is 30.9 Å². The number of aromatic nitrogens is 1. The van der Waals surface area contributed by atoms with Crippen LogP contribution in [0.15, 0.2) is 54.6 Å². The summed E-state index contributed by atoms with van der Waals surface area (Å²) in [6.07, 6.45) is 0. The number of nitrogens with two attached hydrogens (primary N) is 1. The second-order valence-corrected chi connectivity index (χ2v) is 6.36. The standard InChI is InChI=1S/C22H18N2O4/c1-27-18-9-4-3-6-13(18)12-10-15-19-14(22(26)28-2)7-5-8-17(19)24-20(15)16(11-12)21(23)25/h3-11,24H,1-2H3,(H2,23,25). The fraction of sp³-hybridized carbons (Fsp3) is 0.0909. The Morgan fingerprint density at radius 1 is 0.964 bits per heavy atom. The highest BCUT2D eigenvalue weighted by Gasteiger charge is 2.20. The highest BCUT2D eigenvalue weighted by Crippen LogP contribution is 2.37. The van der Waals surface area contributed by atoms with Crippen LogP contribution < -0.4 is 10.5 Å². The SMILES string of the molecule is COC(=O)c1cccc2[nH]c3c(C(N)=O)cc(-c4ccccc4OC)cc3c12. The van der Waals surface area contributed by atoms with Gasteiger partial charge in [-0.15, -0.1) is 0 Å². The van der Waals surface area contributed by atoms with Gasteiger partial charge in [0, 0.05) is 21.9 Å². The summed E-state index contributed by atoms with van der Waals surface area (Å²) in [7, 11) is 2.93. The molecule has 1 aromatic heterocycles. The van der Waals surface area contributed by atoms with E-state index in [1.54, 1.807) is 25.3 Å². The largest absolute Gasteiger partial charge is 0.496 e. The van der Waals surface area contributed by atoms with Crippen LogP contribution in [0.25, 0.3) is 32.9 Å². The van der Waals surface area contributed by atoms with Gasteiger partial charge < -0.3 is 20.2 Å². The molecule has 4 aromatic rings. The summed E-state index contributed by atoms with van der Waals surface area (Å²) in [5, 5.41) is 1.40. The molecule has 1 heterocycles. The third kappa shape index (κ3) is 2.66. The number of carbonyl (C=O) groups is 2. The molecule has 0 aliphatic heterocycles. The van der Waals surface area contributed by atoms with E-state index in [1.807, 2.05) is 36.4 Å². The molecule has 0 saturated heterocycles. The molecule has 0 aliphatic rings. The van der Waals surface area contributed by atoms with Gasteiger partial charge in [-0.05, 0) is 35.9 Å². The summed E-state index contributed by atoms with van der Waals surface area (Å²) >= 11 is 0. The van der Waals surface area contributed by atoms with Crippen molar-refractivity contribution in [3.8, 4) is 16.9 Å². The van der Waals surface area contributed by atoms with Crippen molar-refractivity contribution < 1.29 is 19.1 Å². The quantitative estimate of drug-likeness (QED) is 0.530. The smallest absolute Gasteiger partial charge is 0.338 e. The minimum atomic E-state index is -0.562. The summed E-state index contributed by atoms with van der Waals surface area (Å²) in [4.78, 5) is 27.7. The summed E-state index contributed by atoms with van der Waals surface area (Å²) in [5.41, 5.74) is 9.30. The van der Waals surface area contributed by atoms with Gasteiger partial charge >= 0.3 is 5.97 Å². The molecule has 6 heteroatoms. The number of nitrogens with one attached hydrogen (secondary N) is 1. The van der Waals surface area contributed by atoms with Gasteiger partial charge in [0.1, 0.15) is 5.75 Å². The fourth-order valence-corrected chi connectivity index (χ4v) is 3.57. The second kappa shape index (κ2) is 6.74. The van der Waals surface area contributed by atoms with Crippen molar-refractivity contribution in [2.24, 2.45) is 5.73 Å². The zero-order valence-electron chi connectivity index (χ0n) is 15.4. The van der Waals surface area contributed by atoms with Crippen molar-refractivity contribution in [2.45, 2.75) is 0 Å². The Balaban J connectivity index is 2.14. The number of esters is 1. The van der Waals surface area contributed by atoms with E-state index in [0.29, 0.717) is 33.2 Å². The molecule has 140 valence electrons. The number of aromatic amines is 1. The van der Waals surface area contributed by atoms with E-state index < -0.39 is 11.9 Å². The number of carbonyl (C=O) groups excluding carboxylic acids is 2.